The normalized spacial score (nSPS) is 14.3. The Kier molecular flexibility index (Phi) is 66.8. The number of hydrogen-bond acceptors (Lipinski definition) is 15. The van der Waals surface area contributed by atoms with E-state index in [1.807, 2.05) is 0 Å². The summed E-state index contributed by atoms with van der Waals surface area (Å²) in [7, 11) is -9.91. The molecule has 3 N–H and O–H groups in total. The fraction of sp³-hybridized carbons (Fsp3) is 0.947. The molecule has 0 spiro atoms. The van der Waals surface area contributed by atoms with E-state index in [4.69, 9.17) is 37.0 Å². The molecule has 0 heterocycles. The molecular formula is C75H146O17P2. The predicted molar refractivity (Wildman–Crippen MR) is 382 cm³/mol. The van der Waals surface area contributed by atoms with Gasteiger partial charge in [0.25, 0.3) is 0 Å². The molecule has 0 aliphatic carbocycles. The van der Waals surface area contributed by atoms with Crippen LogP contribution >= 0.6 is 15.6 Å². The van der Waals surface area contributed by atoms with Crippen molar-refractivity contribution in [1.82, 2.24) is 0 Å². The van der Waals surface area contributed by atoms with E-state index in [0.29, 0.717) is 25.7 Å². The van der Waals surface area contributed by atoms with Gasteiger partial charge in [-0.25, -0.2) is 9.13 Å². The monoisotopic (exact) mass is 1380 g/mol. The summed E-state index contributed by atoms with van der Waals surface area (Å²) in [5, 5.41) is 10.6. The first kappa shape index (κ1) is 92.1. The van der Waals surface area contributed by atoms with Gasteiger partial charge in [-0.2, -0.15) is 0 Å². The van der Waals surface area contributed by atoms with Crippen LogP contribution in [-0.4, -0.2) is 96.7 Å². The fourth-order valence-corrected chi connectivity index (χ4v) is 13.1. The number of phosphoric ester groups is 2. The van der Waals surface area contributed by atoms with E-state index >= 15 is 0 Å². The summed E-state index contributed by atoms with van der Waals surface area (Å²) in [6.45, 7) is 7.27. The number of ether oxygens (including phenoxy) is 4. The zero-order valence-corrected chi connectivity index (χ0v) is 62.9. The van der Waals surface area contributed by atoms with E-state index in [0.717, 1.165) is 95.8 Å². The highest BCUT2D eigenvalue weighted by molar-refractivity contribution is 7.47. The zero-order chi connectivity index (χ0) is 69.1. The minimum absolute atomic E-state index is 0.105. The Labute approximate surface area is 575 Å². The minimum atomic E-state index is -4.96. The maximum absolute atomic E-state index is 13.1. The van der Waals surface area contributed by atoms with Crippen LogP contribution in [0.3, 0.4) is 0 Å². The third-order valence-electron chi connectivity index (χ3n) is 17.9. The van der Waals surface area contributed by atoms with Crippen molar-refractivity contribution in [1.29, 1.82) is 0 Å². The topological polar surface area (TPSA) is 237 Å². The van der Waals surface area contributed by atoms with Crippen LogP contribution in [0, 0.1) is 5.92 Å². The standard InChI is InChI=1S/C75H146O17P2/c1-6-10-13-16-19-22-24-26-28-29-30-31-32-34-36-39-45-50-55-60-74(79)91-70(65-86-73(78)59-54-49-44-38-35-33-27-25-23-20-17-14-11-7-2)66-89-93(81,82)87-62-69(76)63-88-94(83,84)90-67-71(64-85-72(77)58-53-48-43-37-21-18-15-12-8-3)92-75(80)61-56-51-46-41-40-42-47-52-57-68(5)9-4/h68-71,76H,6-67H2,1-5H3,(H,81,82)(H,83,84)/t68?,69-,70-,71-/m1/s1. The van der Waals surface area contributed by atoms with Crippen molar-refractivity contribution in [3.05, 3.63) is 0 Å². The molecule has 0 saturated carbocycles. The Balaban J connectivity index is 5.22. The number of aliphatic hydroxyl groups excluding tert-OH is 1. The molecule has 6 atom stereocenters. The minimum Gasteiger partial charge on any atom is -0.462 e. The predicted octanol–water partition coefficient (Wildman–Crippen LogP) is 22.1. The first-order valence-electron chi connectivity index (χ1n) is 39.2. The summed E-state index contributed by atoms with van der Waals surface area (Å²) in [6, 6.07) is 0. The third-order valence-corrected chi connectivity index (χ3v) is 19.8. The van der Waals surface area contributed by atoms with E-state index < -0.39 is 97.5 Å². The number of rotatable bonds is 75. The Morgan fingerprint density at radius 2 is 0.511 bits per heavy atom. The summed E-state index contributed by atoms with van der Waals surface area (Å²) in [6.07, 6.45) is 56.8. The quantitative estimate of drug-likeness (QED) is 0.0222. The summed E-state index contributed by atoms with van der Waals surface area (Å²) in [5.41, 5.74) is 0. The number of aliphatic hydroxyl groups is 1. The van der Waals surface area contributed by atoms with Crippen molar-refractivity contribution < 1.29 is 80.2 Å². The Hall–Kier alpha value is -1.94. The molecule has 0 aromatic heterocycles. The second-order valence-corrected chi connectivity index (χ2v) is 30.2. The van der Waals surface area contributed by atoms with Gasteiger partial charge in [-0.15, -0.1) is 0 Å². The summed E-state index contributed by atoms with van der Waals surface area (Å²) < 4.78 is 68.5. The van der Waals surface area contributed by atoms with E-state index in [1.54, 1.807) is 0 Å². The van der Waals surface area contributed by atoms with E-state index in [-0.39, 0.29) is 25.7 Å². The Morgan fingerprint density at radius 1 is 0.298 bits per heavy atom. The van der Waals surface area contributed by atoms with Gasteiger partial charge in [-0.1, -0.05) is 343 Å². The van der Waals surface area contributed by atoms with E-state index in [9.17, 15) is 43.2 Å². The van der Waals surface area contributed by atoms with Gasteiger partial charge >= 0.3 is 39.5 Å². The van der Waals surface area contributed by atoms with Gasteiger partial charge in [0, 0.05) is 25.7 Å². The molecule has 94 heavy (non-hydrogen) atoms. The number of unbranched alkanes of at least 4 members (excludes halogenated alkanes) is 46. The van der Waals surface area contributed by atoms with Crippen molar-refractivity contribution in [2.75, 3.05) is 39.6 Å². The summed E-state index contributed by atoms with van der Waals surface area (Å²) >= 11 is 0. The van der Waals surface area contributed by atoms with Crippen LogP contribution in [0.1, 0.15) is 394 Å². The molecular weight excluding hydrogens is 1230 g/mol. The molecule has 0 fully saturated rings. The highest BCUT2D eigenvalue weighted by Gasteiger charge is 2.30. The van der Waals surface area contributed by atoms with Gasteiger partial charge < -0.3 is 33.8 Å². The van der Waals surface area contributed by atoms with Crippen LogP contribution in [0.15, 0.2) is 0 Å². The van der Waals surface area contributed by atoms with Gasteiger partial charge in [-0.05, 0) is 31.6 Å². The van der Waals surface area contributed by atoms with Crippen LogP contribution in [0.2, 0.25) is 0 Å². The van der Waals surface area contributed by atoms with Crippen molar-refractivity contribution in [3.8, 4) is 0 Å². The van der Waals surface area contributed by atoms with Crippen LogP contribution in [0.5, 0.6) is 0 Å². The average Bonchev–Trinajstić information content (AvgIpc) is 1.54. The lowest BCUT2D eigenvalue weighted by Crippen LogP contribution is -2.30. The van der Waals surface area contributed by atoms with E-state index in [1.165, 1.54) is 218 Å². The van der Waals surface area contributed by atoms with Crippen molar-refractivity contribution in [3.63, 3.8) is 0 Å². The summed E-state index contributed by atoms with van der Waals surface area (Å²) in [4.78, 5) is 72.7. The third kappa shape index (κ3) is 67.3. The lowest BCUT2D eigenvalue weighted by atomic mass is 9.99. The van der Waals surface area contributed by atoms with Gasteiger partial charge in [0.1, 0.15) is 19.3 Å². The molecule has 0 aliphatic rings. The Morgan fingerprint density at radius 3 is 0.755 bits per heavy atom. The van der Waals surface area contributed by atoms with Gasteiger partial charge in [0.05, 0.1) is 26.4 Å². The highest BCUT2D eigenvalue weighted by atomic mass is 31.2. The number of phosphoric acid groups is 2. The number of hydrogen-bond donors (Lipinski definition) is 3. The molecule has 0 aliphatic heterocycles. The van der Waals surface area contributed by atoms with Crippen molar-refractivity contribution >= 4 is 39.5 Å². The molecule has 0 aromatic carbocycles. The number of carbonyl (C=O) groups is 4. The summed E-state index contributed by atoms with van der Waals surface area (Å²) in [5.74, 6) is -1.35. The lowest BCUT2D eigenvalue weighted by Gasteiger charge is -2.21. The molecule has 0 aromatic rings. The zero-order valence-electron chi connectivity index (χ0n) is 61.1. The smallest absolute Gasteiger partial charge is 0.462 e. The second kappa shape index (κ2) is 68.2. The maximum Gasteiger partial charge on any atom is 0.472 e. The number of carbonyl (C=O) groups excluding carboxylic acids is 4. The Bertz CT molecular complexity index is 1810. The van der Waals surface area contributed by atoms with Gasteiger partial charge in [0.2, 0.25) is 0 Å². The largest absolute Gasteiger partial charge is 0.472 e. The van der Waals surface area contributed by atoms with E-state index in [2.05, 4.69) is 34.6 Å². The molecule has 558 valence electrons. The first-order chi connectivity index (χ1) is 45.6. The van der Waals surface area contributed by atoms with Crippen LogP contribution in [0.25, 0.3) is 0 Å². The molecule has 17 nitrogen and oxygen atoms in total. The van der Waals surface area contributed by atoms with Gasteiger partial charge in [0.15, 0.2) is 12.2 Å². The SMILES string of the molecule is CCCCCCCCCCCCCCCCCCCCCC(=O)O[C@H](COC(=O)CCCCCCCCCCCCCCCC)COP(=O)(O)OC[C@@H](O)COP(=O)(O)OC[C@@H](COC(=O)CCCCCCCCCCC)OC(=O)CCCCCCCCCCC(C)CC. The van der Waals surface area contributed by atoms with Crippen LogP contribution < -0.4 is 0 Å². The first-order valence-corrected chi connectivity index (χ1v) is 42.2. The van der Waals surface area contributed by atoms with Crippen LogP contribution in [-0.2, 0) is 65.4 Å². The molecule has 0 rings (SSSR count). The highest BCUT2D eigenvalue weighted by Crippen LogP contribution is 2.45. The molecule has 3 unspecified atom stereocenters. The molecule has 0 radical (unpaired) electrons. The average molecular weight is 1380 g/mol. The molecule has 19 heteroatoms. The lowest BCUT2D eigenvalue weighted by molar-refractivity contribution is -0.161. The van der Waals surface area contributed by atoms with Crippen molar-refractivity contribution in [2.24, 2.45) is 5.92 Å². The molecule has 0 amide bonds. The van der Waals surface area contributed by atoms with Crippen LogP contribution in [0.4, 0.5) is 0 Å². The number of esters is 4. The molecule has 0 bridgehead atoms. The fourth-order valence-electron chi connectivity index (χ4n) is 11.5. The second-order valence-electron chi connectivity index (χ2n) is 27.3. The van der Waals surface area contributed by atoms with Crippen molar-refractivity contribution in [2.45, 2.75) is 412 Å². The maximum atomic E-state index is 13.1. The van der Waals surface area contributed by atoms with Gasteiger partial charge in [-0.3, -0.25) is 37.3 Å². The molecule has 0 saturated heterocycles.